The van der Waals surface area contributed by atoms with Crippen molar-refractivity contribution in [1.29, 1.82) is 0 Å². The summed E-state index contributed by atoms with van der Waals surface area (Å²) in [4.78, 5) is 0. The van der Waals surface area contributed by atoms with Gasteiger partial charge in [-0.3, -0.25) is 0 Å². The van der Waals surface area contributed by atoms with Crippen molar-refractivity contribution >= 4 is 22.1 Å². The van der Waals surface area contributed by atoms with Gasteiger partial charge in [0.1, 0.15) is 40.1 Å². The minimum atomic E-state index is -1.01. The van der Waals surface area contributed by atoms with Crippen molar-refractivity contribution in [3.05, 3.63) is 48.5 Å². The fourth-order valence-electron chi connectivity index (χ4n) is 2.33. The number of methoxy groups -OCH3 is 2. The molecule has 0 N–H and O–H groups in total. The summed E-state index contributed by atoms with van der Waals surface area (Å²) in [6.07, 6.45) is 0.467. The molecule has 2 aromatic rings. The Balaban J connectivity index is 2.23. The Kier molecular flexibility index (Phi) is 7.43. The molecule has 0 saturated heterocycles. The van der Waals surface area contributed by atoms with Crippen LogP contribution in [-0.2, 0) is 4.43 Å². The quantitative estimate of drug-likeness (QED) is 0.359. The van der Waals surface area contributed by atoms with Crippen LogP contribution in [0.3, 0.4) is 0 Å². The van der Waals surface area contributed by atoms with E-state index in [1.54, 1.807) is 14.2 Å². The normalized spacial score (nSPS) is 11.2. The molecule has 25 heavy (non-hydrogen) atoms. The lowest BCUT2D eigenvalue weighted by Gasteiger charge is -2.34. The van der Waals surface area contributed by atoms with Crippen LogP contribution >= 0.6 is 11.6 Å². The summed E-state index contributed by atoms with van der Waals surface area (Å²) in [5, 5.41) is 0. The summed E-state index contributed by atoms with van der Waals surface area (Å²) in [6, 6.07) is 14.6. The number of halogens is 1. The van der Waals surface area contributed by atoms with Crippen molar-refractivity contribution < 1.29 is 23.4 Å². The van der Waals surface area contributed by atoms with E-state index in [4.69, 9.17) is 35.0 Å². The lowest BCUT2D eigenvalue weighted by molar-refractivity contribution is -0.139. The number of benzene rings is 2. The van der Waals surface area contributed by atoms with Crippen molar-refractivity contribution in [1.82, 2.24) is 0 Å². The number of hydrogen-bond acceptors (Lipinski definition) is 5. The van der Waals surface area contributed by atoms with Gasteiger partial charge in [0.15, 0.2) is 0 Å². The van der Waals surface area contributed by atoms with Crippen molar-refractivity contribution in [3.8, 4) is 23.0 Å². The molecule has 0 aliphatic carbocycles. The third-order valence-electron chi connectivity index (χ3n) is 3.57. The Morgan fingerprint density at radius 2 is 1.20 bits per heavy atom. The van der Waals surface area contributed by atoms with E-state index in [2.05, 4.69) is 0 Å². The van der Waals surface area contributed by atoms with E-state index in [0.717, 1.165) is 11.5 Å². The molecule has 0 amide bonds. The second kappa shape index (κ2) is 9.55. The predicted octanol–water partition coefficient (Wildman–Crippen LogP) is 2.78. The van der Waals surface area contributed by atoms with Crippen LogP contribution in [0.25, 0.3) is 0 Å². The Morgan fingerprint density at radius 3 is 1.52 bits per heavy atom. The first-order valence-corrected chi connectivity index (χ1v) is 9.21. The van der Waals surface area contributed by atoms with Gasteiger partial charge in [0.05, 0.1) is 14.2 Å². The van der Waals surface area contributed by atoms with E-state index in [0.29, 0.717) is 34.3 Å². The molecule has 5 nitrogen and oxygen atoms in total. The zero-order chi connectivity index (χ0) is 18.1. The van der Waals surface area contributed by atoms with Crippen LogP contribution in [0.2, 0.25) is 0 Å². The zero-order valence-corrected chi connectivity index (χ0v) is 17.4. The standard InChI is InChI=1S/C18H23ClO5Si/c1-20-14-3-7-16(8-4-14)23-18(11-12-19,13-22-25)24-17-9-5-15(21-2)6-10-17/h3-10H,11-13H2,1-2,25H3. The van der Waals surface area contributed by atoms with E-state index in [9.17, 15) is 0 Å². The Morgan fingerprint density at radius 1 is 0.800 bits per heavy atom. The molecule has 7 heteroatoms. The third-order valence-corrected chi connectivity index (χ3v) is 4.04. The number of alkyl halides is 1. The van der Waals surface area contributed by atoms with Gasteiger partial charge in [0.25, 0.3) is 5.79 Å². The minimum Gasteiger partial charge on any atom is -0.497 e. The Bertz CT molecular complexity index is 575. The molecule has 0 aliphatic heterocycles. The molecule has 0 atom stereocenters. The van der Waals surface area contributed by atoms with Gasteiger partial charge in [-0.05, 0) is 48.5 Å². The number of hydrogen-bond donors (Lipinski definition) is 0. The summed E-state index contributed by atoms with van der Waals surface area (Å²) in [6.45, 7) is 0.282. The van der Waals surface area contributed by atoms with Crippen LogP contribution in [0.15, 0.2) is 48.5 Å². The van der Waals surface area contributed by atoms with Crippen LogP contribution in [0.5, 0.6) is 23.0 Å². The van der Waals surface area contributed by atoms with Gasteiger partial charge < -0.3 is 23.4 Å². The van der Waals surface area contributed by atoms with Gasteiger partial charge in [-0.2, -0.15) is 0 Å². The van der Waals surface area contributed by atoms with Crippen molar-refractivity contribution in [3.63, 3.8) is 0 Å². The van der Waals surface area contributed by atoms with Gasteiger partial charge in [0.2, 0.25) is 0 Å². The lowest BCUT2D eigenvalue weighted by atomic mass is 10.2. The smallest absolute Gasteiger partial charge is 0.274 e. The van der Waals surface area contributed by atoms with E-state index in [1.807, 2.05) is 48.5 Å². The molecule has 0 aromatic heterocycles. The molecule has 136 valence electrons. The first kappa shape index (κ1) is 19.4. The maximum absolute atomic E-state index is 6.15. The topological polar surface area (TPSA) is 46.2 Å². The summed E-state index contributed by atoms with van der Waals surface area (Å²) < 4.78 is 28.1. The van der Waals surface area contributed by atoms with Gasteiger partial charge in [0, 0.05) is 12.3 Å². The van der Waals surface area contributed by atoms with E-state index in [-0.39, 0.29) is 6.61 Å². The largest absolute Gasteiger partial charge is 0.497 e. The molecule has 2 rings (SSSR count). The fourth-order valence-corrected chi connectivity index (χ4v) is 3.06. The van der Waals surface area contributed by atoms with Crippen LogP contribution in [0.4, 0.5) is 0 Å². The second-order valence-corrected chi connectivity index (χ2v) is 6.29. The van der Waals surface area contributed by atoms with Crippen molar-refractivity contribution in [2.24, 2.45) is 0 Å². The van der Waals surface area contributed by atoms with Gasteiger partial charge in [-0.25, -0.2) is 0 Å². The SMILES string of the molecule is COc1ccc(OC(CCCl)(CO[SiH3])Oc2ccc(OC)cc2)cc1. The van der Waals surface area contributed by atoms with E-state index >= 15 is 0 Å². The number of ether oxygens (including phenoxy) is 4. The van der Waals surface area contributed by atoms with E-state index in [1.165, 1.54) is 0 Å². The first-order chi connectivity index (χ1) is 12.1. The second-order valence-electron chi connectivity index (χ2n) is 5.34. The average molecular weight is 383 g/mol. The van der Waals surface area contributed by atoms with Crippen LogP contribution < -0.4 is 18.9 Å². The molecule has 0 radical (unpaired) electrons. The minimum absolute atomic E-state index is 0.282. The van der Waals surface area contributed by atoms with Gasteiger partial charge in [-0.15, -0.1) is 11.6 Å². The fraction of sp³-hybridized carbons (Fsp3) is 0.333. The maximum Gasteiger partial charge on any atom is 0.274 e. The first-order valence-electron chi connectivity index (χ1n) is 7.86. The van der Waals surface area contributed by atoms with E-state index < -0.39 is 5.79 Å². The highest BCUT2D eigenvalue weighted by Crippen LogP contribution is 2.29. The summed E-state index contributed by atoms with van der Waals surface area (Å²) in [7, 11) is 3.81. The predicted molar refractivity (Wildman–Crippen MR) is 101 cm³/mol. The highest BCUT2D eigenvalue weighted by atomic mass is 35.5. The maximum atomic E-state index is 6.15. The monoisotopic (exact) mass is 382 g/mol. The third kappa shape index (κ3) is 5.56. The molecule has 0 heterocycles. The Hall–Kier alpha value is -1.89. The molecule has 0 unspecified atom stereocenters. The molecule has 0 aliphatic rings. The molecule has 0 spiro atoms. The molecular formula is C18H23ClO5Si. The summed E-state index contributed by atoms with van der Waals surface area (Å²) >= 11 is 6.01. The zero-order valence-electron chi connectivity index (χ0n) is 14.7. The molecule has 2 aromatic carbocycles. The van der Waals surface area contributed by atoms with Crippen LogP contribution in [0.1, 0.15) is 6.42 Å². The number of rotatable bonds is 10. The summed E-state index contributed by atoms with van der Waals surface area (Å²) in [5.41, 5.74) is 0. The molecule has 0 saturated carbocycles. The highest BCUT2D eigenvalue weighted by molar-refractivity contribution is 6.17. The van der Waals surface area contributed by atoms with Crippen molar-refractivity contribution in [2.75, 3.05) is 26.7 Å². The van der Waals surface area contributed by atoms with Gasteiger partial charge in [-0.1, -0.05) is 0 Å². The van der Waals surface area contributed by atoms with Crippen molar-refractivity contribution in [2.45, 2.75) is 12.2 Å². The summed E-state index contributed by atoms with van der Waals surface area (Å²) in [5.74, 6) is 2.18. The van der Waals surface area contributed by atoms with Crippen LogP contribution in [0, 0.1) is 0 Å². The molecular weight excluding hydrogens is 360 g/mol. The average Bonchev–Trinajstić information content (AvgIpc) is 2.63. The molecule has 0 fully saturated rings. The van der Waals surface area contributed by atoms with Gasteiger partial charge >= 0.3 is 0 Å². The Labute approximate surface area is 156 Å². The lowest BCUT2D eigenvalue weighted by Crippen LogP contribution is -2.47. The highest BCUT2D eigenvalue weighted by Gasteiger charge is 2.34. The molecule has 0 bridgehead atoms. The van der Waals surface area contributed by atoms with Crippen LogP contribution in [-0.4, -0.2) is 43.0 Å².